The highest BCUT2D eigenvalue weighted by Gasteiger charge is 2.11. The summed E-state index contributed by atoms with van der Waals surface area (Å²) in [6.45, 7) is 26.7. The molecule has 0 aliphatic rings. The zero-order valence-electron chi connectivity index (χ0n) is 30.7. The van der Waals surface area contributed by atoms with E-state index in [9.17, 15) is 0 Å². The van der Waals surface area contributed by atoms with Crippen LogP contribution in [0.15, 0.2) is 72.8 Å². The molecule has 0 aliphatic heterocycles. The summed E-state index contributed by atoms with van der Waals surface area (Å²) in [5.41, 5.74) is 20.0. The van der Waals surface area contributed by atoms with E-state index in [0.29, 0.717) is 0 Å². The maximum Gasteiger partial charge on any atom is 0.129 e. The lowest BCUT2D eigenvalue weighted by Crippen LogP contribution is -2.16. The van der Waals surface area contributed by atoms with Crippen LogP contribution in [0.3, 0.4) is 0 Å². The Labute approximate surface area is 293 Å². The van der Waals surface area contributed by atoms with Gasteiger partial charge in [-0.2, -0.15) is 0 Å². The Hall–Kier alpha value is -4.29. The van der Waals surface area contributed by atoms with Crippen molar-refractivity contribution in [2.24, 2.45) is 0 Å². The summed E-state index contributed by atoms with van der Waals surface area (Å²) in [6.07, 6.45) is 0. The highest BCUT2D eigenvalue weighted by Crippen LogP contribution is 2.16. The topological polar surface area (TPSA) is 51.6 Å². The van der Waals surface area contributed by atoms with Crippen molar-refractivity contribution in [1.29, 1.82) is 0 Å². The van der Waals surface area contributed by atoms with Crippen LogP contribution in [0, 0.1) is 45.9 Å². The first-order valence-corrected chi connectivity index (χ1v) is 30.3. The van der Waals surface area contributed by atoms with Crippen molar-refractivity contribution >= 4 is 32.3 Å². The molecule has 0 saturated carbocycles. The first kappa shape index (κ1) is 38.2. The summed E-state index contributed by atoms with van der Waals surface area (Å²) < 4.78 is 0. The van der Waals surface area contributed by atoms with E-state index in [1.54, 1.807) is 0 Å². The number of nitrogens with zero attached hydrogens (tertiary/aromatic N) is 4. The Balaban J connectivity index is 0.000000260. The van der Waals surface area contributed by atoms with Crippen molar-refractivity contribution < 1.29 is 0 Å². The van der Waals surface area contributed by atoms with Gasteiger partial charge in [-0.25, -0.2) is 19.9 Å². The van der Waals surface area contributed by atoms with Crippen molar-refractivity contribution in [2.75, 3.05) is 0 Å². The second kappa shape index (κ2) is 16.2. The zero-order chi connectivity index (χ0) is 35.6. The van der Waals surface area contributed by atoms with Gasteiger partial charge in [0.2, 0.25) is 0 Å². The molecule has 0 radical (unpaired) electrons. The SMILES string of the molecule is C[Si](C)(C)C#Cc1cccc(-c2cccc(C#C[Si](C)(C)C)n2)n1.C[Si](C)(C)C#Cc1cccc(-c2cccc(C#C[Si](C)(C)C)n2)n1. The van der Waals surface area contributed by atoms with Gasteiger partial charge in [-0.15, -0.1) is 22.2 Å². The minimum Gasteiger partial charge on any atom is -0.238 e. The van der Waals surface area contributed by atoms with E-state index >= 15 is 0 Å². The van der Waals surface area contributed by atoms with Gasteiger partial charge in [0.15, 0.2) is 0 Å². The molecule has 4 nitrogen and oxygen atoms in total. The fourth-order valence-electron chi connectivity index (χ4n) is 3.59. The highest BCUT2D eigenvalue weighted by molar-refractivity contribution is 6.85. The standard InChI is InChI=1S/2C20H24N2Si2/c2*1-23(2,3)15-13-17-9-7-11-19(21-17)20-12-8-10-18(22-20)14-16-24(4,5)6/h2*7-12H,1-6H3. The summed E-state index contributed by atoms with van der Waals surface area (Å²) in [6, 6.07) is 23.6. The molecule has 48 heavy (non-hydrogen) atoms. The van der Waals surface area contributed by atoms with Crippen LogP contribution in [0.1, 0.15) is 22.8 Å². The average molecular weight is 697 g/mol. The van der Waals surface area contributed by atoms with Crippen molar-refractivity contribution in [2.45, 2.75) is 78.6 Å². The molecule has 4 heterocycles. The summed E-state index contributed by atoms with van der Waals surface area (Å²) >= 11 is 0. The Kier molecular flexibility index (Phi) is 12.9. The van der Waals surface area contributed by atoms with E-state index in [0.717, 1.165) is 45.6 Å². The zero-order valence-corrected chi connectivity index (χ0v) is 34.7. The third-order valence-corrected chi connectivity index (χ3v) is 9.28. The largest absolute Gasteiger partial charge is 0.238 e. The molecular weight excluding hydrogens is 649 g/mol. The number of aromatic nitrogens is 4. The predicted molar refractivity (Wildman–Crippen MR) is 216 cm³/mol. The fourth-order valence-corrected chi connectivity index (χ4v) is 5.61. The molecule has 0 atom stereocenters. The van der Waals surface area contributed by atoms with Crippen LogP contribution in [0.2, 0.25) is 78.6 Å². The van der Waals surface area contributed by atoms with Gasteiger partial charge >= 0.3 is 0 Å². The van der Waals surface area contributed by atoms with Gasteiger partial charge < -0.3 is 0 Å². The molecule has 0 aromatic carbocycles. The van der Waals surface area contributed by atoms with Crippen molar-refractivity contribution in [3.05, 3.63) is 95.6 Å². The lowest BCUT2D eigenvalue weighted by Gasteiger charge is -2.05. The van der Waals surface area contributed by atoms with Crippen molar-refractivity contribution in [3.8, 4) is 68.6 Å². The van der Waals surface area contributed by atoms with Crippen LogP contribution < -0.4 is 0 Å². The van der Waals surface area contributed by atoms with Crippen LogP contribution in [-0.4, -0.2) is 52.2 Å². The van der Waals surface area contributed by atoms with Gasteiger partial charge in [0.25, 0.3) is 0 Å². The molecule has 0 spiro atoms. The lowest BCUT2D eigenvalue weighted by atomic mass is 10.2. The molecule has 4 aromatic rings. The highest BCUT2D eigenvalue weighted by atomic mass is 28.3. The molecule has 8 heteroatoms. The maximum absolute atomic E-state index is 4.64. The number of pyridine rings is 4. The molecule has 0 bridgehead atoms. The predicted octanol–water partition coefficient (Wildman–Crippen LogP) is 9.20. The molecule has 0 aliphatic carbocycles. The molecule has 0 N–H and O–H groups in total. The summed E-state index contributed by atoms with van der Waals surface area (Å²) in [7, 11) is -5.62. The number of hydrogen-bond donors (Lipinski definition) is 0. The first-order valence-electron chi connectivity index (χ1n) is 16.3. The van der Waals surface area contributed by atoms with E-state index in [1.807, 2.05) is 72.8 Å². The Morgan fingerprint density at radius 1 is 0.312 bits per heavy atom. The molecule has 4 aromatic heterocycles. The van der Waals surface area contributed by atoms with Gasteiger partial charge in [-0.3, -0.25) is 0 Å². The normalized spacial score (nSPS) is 11.1. The second-order valence-corrected chi connectivity index (χ2v) is 34.6. The third-order valence-electron chi connectivity index (χ3n) is 5.78. The van der Waals surface area contributed by atoms with Gasteiger partial charge in [0.1, 0.15) is 55.1 Å². The van der Waals surface area contributed by atoms with E-state index in [2.05, 4.69) is 144 Å². The van der Waals surface area contributed by atoms with E-state index in [4.69, 9.17) is 0 Å². The maximum atomic E-state index is 4.64. The number of hydrogen-bond acceptors (Lipinski definition) is 4. The van der Waals surface area contributed by atoms with Crippen LogP contribution in [0.5, 0.6) is 0 Å². The minimum atomic E-state index is -1.41. The van der Waals surface area contributed by atoms with Crippen LogP contribution >= 0.6 is 0 Å². The van der Waals surface area contributed by atoms with Crippen molar-refractivity contribution in [3.63, 3.8) is 0 Å². The monoisotopic (exact) mass is 696 g/mol. The lowest BCUT2D eigenvalue weighted by molar-refractivity contribution is 1.21. The fraction of sp³-hybridized carbons (Fsp3) is 0.300. The van der Waals surface area contributed by atoms with Crippen LogP contribution in [0.4, 0.5) is 0 Å². The van der Waals surface area contributed by atoms with Gasteiger partial charge in [-0.1, -0.05) is 127 Å². The Morgan fingerprint density at radius 2 is 0.500 bits per heavy atom. The smallest absolute Gasteiger partial charge is 0.129 e. The van der Waals surface area contributed by atoms with E-state index in [1.165, 1.54) is 0 Å². The molecule has 0 fully saturated rings. The molecule has 244 valence electrons. The van der Waals surface area contributed by atoms with Crippen LogP contribution in [0.25, 0.3) is 22.8 Å². The Morgan fingerprint density at radius 3 is 0.667 bits per heavy atom. The summed E-state index contributed by atoms with van der Waals surface area (Å²) in [4.78, 5) is 18.6. The molecule has 0 saturated heterocycles. The third kappa shape index (κ3) is 15.1. The van der Waals surface area contributed by atoms with Crippen LogP contribution in [-0.2, 0) is 0 Å². The second-order valence-electron chi connectivity index (χ2n) is 15.6. The van der Waals surface area contributed by atoms with Crippen molar-refractivity contribution in [1.82, 2.24) is 19.9 Å². The van der Waals surface area contributed by atoms with Gasteiger partial charge in [0, 0.05) is 0 Å². The Bertz CT molecular complexity index is 1700. The van der Waals surface area contributed by atoms with Gasteiger partial charge in [-0.05, 0) is 48.5 Å². The quantitative estimate of drug-likeness (QED) is 0.155. The minimum absolute atomic E-state index is 0.801. The number of rotatable bonds is 2. The van der Waals surface area contributed by atoms with E-state index in [-0.39, 0.29) is 0 Å². The molecule has 4 rings (SSSR count). The summed E-state index contributed by atoms with van der Waals surface area (Å²) in [5.74, 6) is 12.8. The molecule has 0 unspecified atom stereocenters. The first-order chi connectivity index (χ1) is 22.2. The van der Waals surface area contributed by atoms with E-state index < -0.39 is 32.3 Å². The molecule has 0 amide bonds. The summed E-state index contributed by atoms with van der Waals surface area (Å²) in [5, 5.41) is 0. The average Bonchev–Trinajstić information content (AvgIpc) is 3.00. The molecular formula is C40H48N4Si4. The van der Waals surface area contributed by atoms with Gasteiger partial charge in [0.05, 0.1) is 22.8 Å².